The molecule has 0 bridgehead atoms. The number of allylic oxidation sites excluding steroid dienone is 8. The average Bonchev–Trinajstić information content (AvgIpc) is 3.09. The van der Waals surface area contributed by atoms with Crippen LogP contribution < -0.4 is 4.89 Å². The number of likely N-dealkylation sites (N-methyl/N-ethyl adjacent to an activating group) is 1. The molecule has 302 valence electrons. The molecule has 2 atom stereocenters. The van der Waals surface area contributed by atoms with Gasteiger partial charge in [-0.3, -0.25) is 14.2 Å². The van der Waals surface area contributed by atoms with Gasteiger partial charge in [-0.2, -0.15) is 0 Å². The highest BCUT2D eigenvalue weighted by Gasteiger charge is 2.21. The number of hydrogen-bond donors (Lipinski definition) is 0. The van der Waals surface area contributed by atoms with Crippen molar-refractivity contribution in [1.82, 2.24) is 0 Å². The molecule has 0 aliphatic rings. The Bertz CT molecular complexity index is 1030. The van der Waals surface area contributed by atoms with Crippen molar-refractivity contribution in [3.05, 3.63) is 48.6 Å². The minimum atomic E-state index is -4.63. The maximum absolute atomic E-state index is 12.6. The fourth-order valence-electron chi connectivity index (χ4n) is 5.23. The van der Waals surface area contributed by atoms with Crippen LogP contribution in [0.5, 0.6) is 0 Å². The monoisotopic (exact) mass is 754 g/mol. The molecule has 9 nitrogen and oxygen atoms in total. The maximum atomic E-state index is 12.6. The topological polar surface area (TPSA) is 111 Å². The van der Waals surface area contributed by atoms with E-state index in [1.54, 1.807) is 0 Å². The molecule has 0 radical (unpaired) electrons. The Morgan fingerprint density at radius 1 is 0.635 bits per heavy atom. The van der Waals surface area contributed by atoms with Gasteiger partial charge in [-0.1, -0.05) is 145 Å². The van der Waals surface area contributed by atoms with E-state index in [1.807, 2.05) is 40.2 Å². The number of hydrogen-bond acceptors (Lipinski definition) is 8. The lowest BCUT2D eigenvalue weighted by molar-refractivity contribution is -0.870. The molecule has 0 N–H and O–H groups in total. The molecule has 0 saturated carbocycles. The summed E-state index contributed by atoms with van der Waals surface area (Å²) in [6.07, 6.45) is 38.7. The number of quaternary nitrogens is 1. The number of rotatable bonds is 36. The molecule has 0 aliphatic heterocycles. The second-order valence-electron chi connectivity index (χ2n) is 14.7. The number of nitrogens with zero attached hydrogens (tertiary/aromatic N) is 1. The fraction of sp³-hybridized carbons (Fsp3) is 0.762. The molecule has 0 aromatic heterocycles. The number of phosphoric acid groups is 1. The Labute approximate surface area is 318 Å². The third-order valence-corrected chi connectivity index (χ3v) is 9.41. The number of ether oxygens (including phenoxy) is 2. The zero-order valence-corrected chi connectivity index (χ0v) is 34.6. The van der Waals surface area contributed by atoms with Gasteiger partial charge in [0.15, 0.2) is 6.10 Å². The van der Waals surface area contributed by atoms with Gasteiger partial charge >= 0.3 is 11.9 Å². The number of carbonyl (C=O) groups is 2. The molecule has 1 unspecified atom stereocenters. The molecular weight excluding hydrogens is 677 g/mol. The first-order valence-corrected chi connectivity index (χ1v) is 21.8. The second kappa shape index (κ2) is 34.7. The van der Waals surface area contributed by atoms with E-state index in [0.717, 1.165) is 38.5 Å². The molecule has 52 heavy (non-hydrogen) atoms. The lowest BCUT2D eigenvalue weighted by atomic mass is 10.0. The number of esters is 2. The highest BCUT2D eigenvalue weighted by Crippen LogP contribution is 2.38. The van der Waals surface area contributed by atoms with Crippen molar-refractivity contribution in [2.75, 3.05) is 47.5 Å². The summed E-state index contributed by atoms with van der Waals surface area (Å²) in [5.41, 5.74) is 0. The molecule has 0 amide bonds. The normalized spacial score (nSPS) is 14.2. The van der Waals surface area contributed by atoms with Gasteiger partial charge in [-0.15, -0.1) is 0 Å². The Morgan fingerprint density at radius 3 is 1.63 bits per heavy atom. The first kappa shape index (κ1) is 50.0. The third-order valence-electron chi connectivity index (χ3n) is 8.45. The lowest BCUT2D eigenvalue weighted by Gasteiger charge is -2.28. The van der Waals surface area contributed by atoms with Gasteiger partial charge in [0.2, 0.25) is 0 Å². The summed E-state index contributed by atoms with van der Waals surface area (Å²) in [6.45, 7) is 3.92. The summed E-state index contributed by atoms with van der Waals surface area (Å²) in [5.74, 6) is -0.902. The van der Waals surface area contributed by atoms with E-state index in [2.05, 4.69) is 43.4 Å². The highest BCUT2D eigenvalue weighted by atomic mass is 31.2. The summed E-state index contributed by atoms with van der Waals surface area (Å²) < 4.78 is 33.7. The van der Waals surface area contributed by atoms with Gasteiger partial charge in [-0.25, -0.2) is 0 Å². The number of phosphoric ester groups is 1. The molecule has 0 fully saturated rings. The van der Waals surface area contributed by atoms with Gasteiger partial charge in [0.1, 0.15) is 19.8 Å². The fourth-order valence-corrected chi connectivity index (χ4v) is 5.96. The molecule has 0 heterocycles. The maximum Gasteiger partial charge on any atom is 0.306 e. The largest absolute Gasteiger partial charge is 0.756 e. The molecule has 0 rings (SSSR count). The average molecular weight is 754 g/mol. The molecular formula is C42H76NO8P. The second-order valence-corrected chi connectivity index (χ2v) is 16.1. The van der Waals surface area contributed by atoms with Gasteiger partial charge in [0.05, 0.1) is 27.7 Å². The van der Waals surface area contributed by atoms with Crippen molar-refractivity contribution in [3.8, 4) is 0 Å². The zero-order valence-electron chi connectivity index (χ0n) is 33.7. The van der Waals surface area contributed by atoms with Crippen LogP contribution in [0.15, 0.2) is 48.6 Å². The van der Waals surface area contributed by atoms with E-state index >= 15 is 0 Å². The van der Waals surface area contributed by atoms with E-state index in [9.17, 15) is 19.0 Å². The van der Waals surface area contributed by atoms with E-state index in [0.29, 0.717) is 23.9 Å². The van der Waals surface area contributed by atoms with Crippen molar-refractivity contribution in [2.24, 2.45) is 0 Å². The Morgan fingerprint density at radius 2 is 1.12 bits per heavy atom. The van der Waals surface area contributed by atoms with Gasteiger partial charge < -0.3 is 27.9 Å². The van der Waals surface area contributed by atoms with E-state index in [1.165, 1.54) is 77.0 Å². The van der Waals surface area contributed by atoms with Crippen LogP contribution in [0.25, 0.3) is 0 Å². The molecule has 0 spiro atoms. The van der Waals surface area contributed by atoms with E-state index < -0.39 is 32.5 Å². The van der Waals surface area contributed by atoms with Crippen LogP contribution >= 0.6 is 7.82 Å². The summed E-state index contributed by atoms with van der Waals surface area (Å²) in [4.78, 5) is 37.4. The summed E-state index contributed by atoms with van der Waals surface area (Å²) in [6, 6.07) is 0. The zero-order chi connectivity index (χ0) is 38.6. The van der Waals surface area contributed by atoms with Gasteiger partial charge in [-0.05, 0) is 45.4 Å². The van der Waals surface area contributed by atoms with E-state index in [-0.39, 0.29) is 26.1 Å². The first-order chi connectivity index (χ1) is 25.0. The van der Waals surface area contributed by atoms with Gasteiger partial charge in [0, 0.05) is 12.8 Å². The van der Waals surface area contributed by atoms with Crippen LogP contribution in [0.2, 0.25) is 0 Å². The lowest BCUT2D eigenvalue weighted by Crippen LogP contribution is -2.37. The SMILES string of the molecule is C/C=C\C/C=C\C/C=C\C/C=C\CCCC(=O)O[C@H](COC(=O)CCCCCCCCCCCCCCCCC)COP(=O)([O-])OCC[N+](C)(C)C. The predicted octanol–water partition coefficient (Wildman–Crippen LogP) is 10.5. The number of unbranched alkanes of at least 4 members (excludes halogenated alkanes) is 15. The summed E-state index contributed by atoms with van der Waals surface area (Å²) >= 11 is 0. The quantitative estimate of drug-likeness (QED) is 0.0204. The van der Waals surface area contributed by atoms with Crippen LogP contribution in [0.4, 0.5) is 0 Å². The first-order valence-electron chi connectivity index (χ1n) is 20.3. The predicted molar refractivity (Wildman–Crippen MR) is 213 cm³/mol. The Kier molecular flexibility index (Phi) is 33.4. The van der Waals surface area contributed by atoms with Crippen LogP contribution in [0.1, 0.15) is 155 Å². The summed E-state index contributed by atoms with van der Waals surface area (Å²) in [5, 5.41) is 0. The molecule has 0 aliphatic carbocycles. The van der Waals surface area contributed by atoms with E-state index in [4.69, 9.17) is 18.5 Å². The molecule has 0 saturated heterocycles. The minimum Gasteiger partial charge on any atom is -0.756 e. The van der Waals surface area contributed by atoms with Gasteiger partial charge in [0.25, 0.3) is 7.82 Å². The van der Waals surface area contributed by atoms with Crippen molar-refractivity contribution >= 4 is 19.8 Å². The van der Waals surface area contributed by atoms with Crippen LogP contribution in [0, 0.1) is 0 Å². The van der Waals surface area contributed by atoms with Crippen molar-refractivity contribution in [1.29, 1.82) is 0 Å². The van der Waals surface area contributed by atoms with Crippen molar-refractivity contribution in [3.63, 3.8) is 0 Å². The van der Waals surface area contributed by atoms with Crippen molar-refractivity contribution in [2.45, 2.75) is 161 Å². The third kappa shape index (κ3) is 37.7. The van der Waals surface area contributed by atoms with Crippen LogP contribution in [-0.4, -0.2) is 70.0 Å². The molecule has 0 aromatic carbocycles. The molecule has 10 heteroatoms. The summed E-state index contributed by atoms with van der Waals surface area (Å²) in [7, 11) is 1.13. The van der Waals surface area contributed by atoms with Crippen molar-refractivity contribution < 1.29 is 42.1 Å². The molecule has 0 aromatic rings. The Balaban J connectivity index is 4.46. The minimum absolute atomic E-state index is 0.0415. The Hall–Kier alpha value is -2.03. The smallest absolute Gasteiger partial charge is 0.306 e. The van der Waals surface area contributed by atoms with Crippen LogP contribution in [0.3, 0.4) is 0 Å². The highest BCUT2D eigenvalue weighted by molar-refractivity contribution is 7.45. The number of carbonyl (C=O) groups excluding carboxylic acids is 2. The van der Waals surface area contributed by atoms with Crippen LogP contribution in [-0.2, 0) is 32.7 Å². The standard InChI is InChI=1S/C42H76NO8P/c1-6-8-10-12-14-16-18-20-21-23-24-26-28-30-32-34-41(44)48-38-40(39-50-52(46,47)49-37-36-43(3,4)5)51-42(45)35-33-31-29-27-25-22-19-17-15-13-11-9-7-2/h7,9,13,15,19,22,27,29,40H,6,8,10-12,14,16-18,20-21,23-26,28,30-39H2,1-5H3/b9-7-,15-13-,22-19-,29-27-/t40-/m1/s1.